The first-order chi connectivity index (χ1) is 22.2. The van der Waals surface area contributed by atoms with E-state index in [9.17, 15) is 0 Å². The minimum absolute atomic E-state index is 0.381. The zero-order valence-corrected chi connectivity index (χ0v) is 26.5. The third kappa shape index (κ3) is 6.79. The van der Waals surface area contributed by atoms with Gasteiger partial charge in [0.05, 0.1) is 31.8 Å². The third-order valence-electron chi connectivity index (χ3n) is 7.89. The molecule has 1 aliphatic carbocycles. The van der Waals surface area contributed by atoms with Crippen molar-refractivity contribution in [1.82, 2.24) is 0 Å². The molecule has 0 spiro atoms. The van der Waals surface area contributed by atoms with Gasteiger partial charge in [-0.2, -0.15) is 0 Å². The monoisotopic (exact) mass is 614 g/mol. The summed E-state index contributed by atoms with van der Waals surface area (Å²) in [6, 6.07) is 29.5. The lowest BCUT2D eigenvalue weighted by Gasteiger charge is -2.34. The smallest absolute Gasteiger partial charge is 0.161 e. The van der Waals surface area contributed by atoms with Crippen LogP contribution >= 0.6 is 0 Å². The van der Waals surface area contributed by atoms with Crippen molar-refractivity contribution in [1.29, 1.82) is 0 Å². The lowest BCUT2D eigenvalue weighted by atomic mass is 9.67. The zero-order valence-electron chi connectivity index (χ0n) is 26.5. The first kappa shape index (κ1) is 32.3. The maximum absolute atomic E-state index is 6.27. The second-order valence-corrected chi connectivity index (χ2v) is 10.5. The first-order valence-corrected chi connectivity index (χ1v) is 15.1. The Labute approximate surface area is 265 Å². The summed E-state index contributed by atoms with van der Waals surface area (Å²) in [7, 11) is 6.63. The SMILES string of the molecule is COCCOc1ccc(C2(c3ccc(OCCOC)c(OCCOC)c3)c3ccccc3-c3ccccc32)cc1OCCOC. The molecule has 0 aliphatic heterocycles. The molecule has 0 saturated heterocycles. The topological polar surface area (TPSA) is 73.8 Å². The highest BCUT2D eigenvalue weighted by Crippen LogP contribution is 2.57. The number of benzene rings is 4. The fraction of sp³-hybridized carbons (Fsp3) is 0.351. The highest BCUT2D eigenvalue weighted by molar-refractivity contribution is 5.86. The fourth-order valence-corrected chi connectivity index (χ4v) is 5.91. The normalized spacial score (nSPS) is 12.8. The summed E-state index contributed by atoms with van der Waals surface area (Å²) < 4.78 is 45.7. The van der Waals surface area contributed by atoms with Gasteiger partial charge in [0.25, 0.3) is 0 Å². The number of methoxy groups -OCH3 is 4. The van der Waals surface area contributed by atoms with Crippen LogP contribution in [0.25, 0.3) is 11.1 Å². The van der Waals surface area contributed by atoms with Crippen LogP contribution in [0.5, 0.6) is 23.0 Å². The van der Waals surface area contributed by atoms with E-state index in [2.05, 4.69) is 72.8 Å². The minimum atomic E-state index is -0.692. The summed E-state index contributed by atoms with van der Waals surface area (Å²) >= 11 is 0. The Morgan fingerprint density at radius 1 is 0.400 bits per heavy atom. The Morgan fingerprint density at radius 3 is 1.13 bits per heavy atom. The molecular formula is C37H42O8. The van der Waals surface area contributed by atoms with Crippen LogP contribution in [-0.2, 0) is 24.4 Å². The molecule has 45 heavy (non-hydrogen) atoms. The van der Waals surface area contributed by atoms with Crippen molar-refractivity contribution >= 4 is 0 Å². The number of fused-ring (bicyclic) bond motifs is 3. The van der Waals surface area contributed by atoms with E-state index in [0.717, 1.165) is 22.3 Å². The van der Waals surface area contributed by atoms with Gasteiger partial charge in [0.15, 0.2) is 23.0 Å². The van der Waals surface area contributed by atoms with Crippen LogP contribution in [0.1, 0.15) is 22.3 Å². The minimum Gasteiger partial charge on any atom is -0.487 e. The molecule has 0 unspecified atom stereocenters. The number of hydrogen-bond donors (Lipinski definition) is 0. The lowest BCUT2D eigenvalue weighted by Crippen LogP contribution is -2.29. The molecule has 1 aliphatic rings. The summed E-state index contributed by atoms with van der Waals surface area (Å²) in [6.07, 6.45) is 0. The van der Waals surface area contributed by atoms with Crippen molar-refractivity contribution in [2.75, 3.05) is 81.3 Å². The molecule has 0 fully saturated rings. The van der Waals surface area contributed by atoms with Crippen LogP contribution in [0, 0.1) is 0 Å². The largest absolute Gasteiger partial charge is 0.487 e. The van der Waals surface area contributed by atoms with Gasteiger partial charge in [-0.1, -0.05) is 60.7 Å². The number of hydrogen-bond acceptors (Lipinski definition) is 8. The summed E-state index contributed by atoms with van der Waals surface area (Å²) in [4.78, 5) is 0. The molecule has 8 heteroatoms. The molecule has 0 aromatic heterocycles. The Balaban J connectivity index is 1.73. The van der Waals surface area contributed by atoms with Gasteiger partial charge in [-0.3, -0.25) is 0 Å². The van der Waals surface area contributed by atoms with Crippen LogP contribution in [0.15, 0.2) is 84.9 Å². The molecule has 5 rings (SSSR count). The number of rotatable bonds is 18. The van der Waals surface area contributed by atoms with E-state index in [0.29, 0.717) is 75.9 Å². The van der Waals surface area contributed by atoms with Gasteiger partial charge >= 0.3 is 0 Å². The van der Waals surface area contributed by atoms with E-state index in [1.54, 1.807) is 28.4 Å². The average Bonchev–Trinajstić information content (AvgIpc) is 3.37. The van der Waals surface area contributed by atoms with E-state index in [1.807, 2.05) is 12.1 Å². The summed E-state index contributed by atoms with van der Waals surface area (Å²) in [5, 5.41) is 0. The van der Waals surface area contributed by atoms with Gasteiger partial charge in [0.2, 0.25) is 0 Å². The molecule has 8 nitrogen and oxygen atoms in total. The Morgan fingerprint density at radius 2 is 0.756 bits per heavy atom. The maximum Gasteiger partial charge on any atom is 0.161 e. The van der Waals surface area contributed by atoms with Gasteiger partial charge in [-0.15, -0.1) is 0 Å². The molecule has 0 N–H and O–H groups in total. The standard InChI is InChI=1S/C37H42O8/c1-38-17-21-42-33-15-13-27(25-35(33)44-23-19-40-3)37(31-11-7-5-9-29(31)30-10-6-8-12-32(30)37)28-14-16-34(43-22-18-39-2)36(26-28)45-24-20-41-4/h5-16,25-26H,17-24H2,1-4H3. The molecule has 4 aromatic carbocycles. The Hall–Kier alpha value is -4.08. The molecule has 0 amide bonds. The van der Waals surface area contributed by atoms with Gasteiger partial charge in [0.1, 0.15) is 26.4 Å². The number of ether oxygens (including phenoxy) is 8. The predicted molar refractivity (Wildman–Crippen MR) is 173 cm³/mol. The van der Waals surface area contributed by atoms with Crippen LogP contribution in [-0.4, -0.2) is 81.3 Å². The zero-order chi connectivity index (χ0) is 31.5. The van der Waals surface area contributed by atoms with Crippen LogP contribution in [0.3, 0.4) is 0 Å². The van der Waals surface area contributed by atoms with Crippen molar-refractivity contribution in [2.45, 2.75) is 5.41 Å². The van der Waals surface area contributed by atoms with E-state index in [4.69, 9.17) is 37.9 Å². The second-order valence-electron chi connectivity index (χ2n) is 10.5. The highest BCUT2D eigenvalue weighted by Gasteiger charge is 2.46. The van der Waals surface area contributed by atoms with Crippen LogP contribution in [0.2, 0.25) is 0 Å². The quantitative estimate of drug-likeness (QED) is 0.109. The van der Waals surface area contributed by atoms with Gasteiger partial charge in [-0.25, -0.2) is 0 Å². The van der Waals surface area contributed by atoms with Crippen LogP contribution in [0.4, 0.5) is 0 Å². The lowest BCUT2D eigenvalue weighted by molar-refractivity contribution is 0.132. The molecule has 0 bridgehead atoms. The van der Waals surface area contributed by atoms with Crippen LogP contribution < -0.4 is 18.9 Å². The van der Waals surface area contributed by atoms with Gasteiger partial charge < -0.3 is 37.9 Å². The molecular weight excluding hydrogens is 572 g/mol. The molecule has 0 atom stereocenters. The maximum atomic E-state index is 6.27. The average molecular weight is 615 g/mol. The van der Waals surface area contributed by atoms with Crippen molar-refractivity contribution in [2.24, 2.45) is 0 Å². The fourth-order valence-electron chi connectivity index (χ4n) is 5.91. The molecule has 0 heterocycles. The molecule has 0 saturated carbocycles. The third-order valence-corrected chi connectivity index (χ3v) is 7.89. The Bertz CT molecular complexity index is 1420. The summed E-state index contributed by atoms with van der Waals surface area (Å²) in [6.45, 7) is 3.40. The molecule has 0 radical (unpaired) electrons. The van der Waals surface area contributed by atoms with Gasteiger partial charge in [0, 0.05) is 28.4 Å². The van der Waals surface area contributed by atoms with Gasteiger partial charge in [-0.05, 0) is 57.6 Å². The van der Waals surface area contributed by atoms with E-state index in [-0.39, 0.29) is 0 Å². The van der Waals surface area contributed by atoms with Crippen molar-refractivity contribution < 1.29 is 37.9 Å². The molecule has 238 valence electrons. The van der Waals surface area contributed by atoms with Crippen molar-refractivity contribution in [3.05, 3.63) is 107 Å². The Kier molecular flexibility index (Phi) is 11.3. The van der Waals surface area contributed by atoms with E-state index in [1.165, 1.54) is 11.1 Å². The summed E-state index contributed by atoms with van der Waals surface area (Å²) in [5.41, 5.74) is 6.05. The summed E-state index contributed by atoms with van der Waals surface area (Å²) in [5.74, 6) is 2.56. The molecule has 4 aromatic rings. The first-order valence-electron chi connectivity index (χ1n) is 15.1. The van der Waals surface area contributed by atoms with E-state index < -0.39 is 5.41 Å². The van der Waals surface area contributed by atoms with Crippen molar-refractivity contribution in [3.8, 4) is 34.1 Å². The van der Waals surface area contributed by atoms with E-state index >= 15 is 0 Å². The van der Waals surface area contributed by atoms with Crippen molar-refractivity contribution in [3.63, 3.8) is 0 Å². The highest BCUT2D eigenvalue weighted by atomic mass is 16.6. The predicted octanol–water partition coefficient (Wildman–Crippen LogP) is 6.15. The second kappa shape index (κ2) is 15.8.